The maximum atomic E-state index is 13.3. The zero-order valence-corrected chi connectivity index (χ0v) is 19.4. The van der Waals surface area contributed by atoms with Gasteiger partial charge in [-0.05, 0) is 55.5 Å². The quantitative estimate of drug-likeness (QED) is 0.353. The van der Waals surface area contributed by atoms with Gasteiger partial charge in [-0.1, -0.05) is 40.6 Å². The molecule has 1 aliphatic heterocycles. The van der Waals surface area contributed by atoms with Crippen molar-refractivity contribution in [2.45, 2.75) is 6.92 Å². The van der Waals surface area contributed by atoms with Gasteiger partial charge in [0.15, 0.2) is 5.65 Å². The van der Waals surface area contributed by atoms with Crippen LogP contribution in [0, 0.1) is 12.7 Å². The van der Waals surface area contributed by atoms with Gasteiger partial charge in [0.25, 0.3) is 0 Å². The molecule has 1 fully saturated rings. The highest BCUT2D eigenvalue weighted by molar-refractivity contribution is 6.31. The zero-order valence-electron chi connectivity index (χ0n) is 18.6. The van der Waals surface area contributed by atoms with Gasteiger partial charge in [0.05, 0.1) is 5.52 Å². The van der Waals surface area contributed by atoms with Crippen molar-refractivity contribution in [1.82, 2.24) is 19.8 Å². The zero-order chi connectivity index (χ0) is 23.2. The summed E-state index contributed by atoms with van der Waals surface area (Å²) in [5.41, 5.74) is 5.56. The van der Waals surface area contributed by atoms with Crippen LogP contribution < -0.4 is 9.80 Å². The van der Waals surface area contributed by atoms with Crippen LogP contribution in [-0.4, -0.2) is 46.0 Å². The average Bonchev–Trinajstić information content (AvgIpc) is 3.28. The molecule has 0 aliphatic carbocycles. The second kappa shape index (κ2) is 8.25. The summed E-state index contributed by atoms with van der Waals surface area (Å²) in [6.07, 6.45) is 0. The average molecular weight is 473 g/mol. The molecule has 0 saturated carbocycles. The first-order valence-electron chi connectivity index (χ1n) is 11.2. The summed E-state index contributed by atoms with van der Waals surface area (Å²) in [5, 5.41) is 10.5. The molecule has 170 valence electrons. The highest BCUT2D eigenvalue weighted by Gasteiger charge is 2.23. The Morgan fingerprint density at radius 3 is 2.41 bits per heavy atom. The normalized spacial score (nSPS) is 14.3. The number of hydrogen-bond acceptors (Lipinski definition) is 5. The lowest BCUT2D eigenvalue weighted by molar-refractivity contribution is 0.624. The van der Waals surface area contributed by atoms with Crippen molar-refractivity contribution >= 4 is 39.7 Å². The fourth-order valence-electron chi connectivity index (χ4n) is 4.62. The molecule has 5 aromatic rings. The third-order valence-electron chi connectivity index (χ3n) is 6.35. The van der Waals surface area contributed by atoms with Gasteiger partial charge >= 0.3 is 0 Å². The summed E-state index contributed by atoms with van der Waals surface area (Å²) in [6.45, 7) is 5.24. The molecule has 0 unspecified atom stereocenters. The first kappa shape index (κ1) is 20.9. The predicted molar refractivity (Wildman–Crippen MR) is 134 cm³/mol. The summed E-state index contributed by atoms with van der Waals surface area (Å²) in [6, 6.07) is 20.7. The lowest BCUT2D eigenvalue weighted by atomic mass is 10.1. The van der Waals surface area contributed by atoms with E-state index in [1.807, 2.05) is 42.5 Å². The van der Waals surface area contributed by atoms with Crippen molar-refractivity contribution in [3.05, 3.63) is 83.1 Å². The molecule has 0 bridgehead atoms. The van der Waals surface area contributed by atoms with E-state index in [1.165, 1.54) is 12.1 Å². The van der Waals surface area contributed by atoms with E-state index < -0.39 is 0 Å². The van der Waals surface area contributed by atoms with E-state index in [0.29, 0.717) is 5.02 Å². The molecule has 8 heteroatoms. The van der Waals surface area contributed by atoms with E-state index in [2.05, 4.69) is 39.2 Å². The van der Waals surface area contributed by atoms with Gasteiger partial charge in [0.1, 0.15) is 17.3 Å². The fourth-order valence-corrected chi connectivity index (χ4v) is 4.79. The van der Waals surface area contributed by atoms with Crippen LogP contribution in [0.4, 0.5) is 15.9 Å². The smallest absolute Gasteiger partial charge is 0.186 e. The van der Waals surface area contributed by atoms with Crippen LogP contribution in [-0.2, 0) is 0 Å². The number of benzene rings is 3. The van der Waals surface area contributed by atoms with Crippen molar-refractivity contribution in [3.63, 3.8) is 0 Å². The number of hydrogen-bond donors (Lipinski definition) is 0. The highest BCUT2D eigenvalue weighted by atomic mass is 35.5. The van der Waals surface area contributed by atoms with Gasteiger partial charge in [-0.2, -0.15) is 4.52 Å². The maximum Gasteiger partial charge on any atom is 0.186 e. The molecular formula is C26H22ClFN6. The molecule has 3 heterocycles. The van der Waals surface area contributed by atoms with E-state index in [-0.39, 0.29) is 5.82 Å². The number of anilines is 2. The van der Waals surface area contributed by atoms with Gasteiger partial charge in [0, 0.05) is 47.8 Å². The molecule has 1 saturated heterocycles. The lowest BCUT2D eigenvalue weighted by Gasteiger charge is -2.37. The Labute approximate surface area is 201 Å². The lowest BCUT2D eigenvalue weighted by Crippen LogP contribution is -2.47. The number of aryl methyl sites for hydroxylation is 1. The van der Waals surface area contributed by atoms with E-state index in [4.69, 9.17) is 16.6 Å². The molecule has 6 rings (SSSR count). The molecule has 0 N–H and O–H groups in total. The largest absolute Gasteiger partial charge is 0.368 e. The molecule has 0 spiro atoms. The Morgan fingerprint density at radius 2 is 1.65 bits per heavy atom. The molecule has 1 aliphatic rings. The molecular weight excluding hydrogens is 451 g/mol. The van der Waals surface area contributed by atoms with Crippen molar-refractivity contribution in [2.75, 3.05) is 36.0 Å². The van der Waals surface area contributed by atoms with Crippen molar-refractivity contribution in [1.29, 1.82) is 0 Å². The van der Waals surface area contributed by atoms with Crippen LogP contribution >= 0.6 is 11.6 Å². The van der Waals surface area contributed by atoms with Crippen LogP contribution in [0.3, 0.4) is 0 Å². The van der Waals surface area contributed by atoms with Gasteiger partial charge in [-0.15, -0.1) is 5.10 Å². The molecule has 3 aromatic carbocycles. The summed E-state index contributed by atoms with van der Waals surface area (Å²) >= 11 is 6.38. The van der Waals surface area contributed by atoms with E-state index in [9.17, 15) is 4.39 Å². The minimum absolute atomic E-state index is 0.220. The number of rotatable bonds is 3. The first-order chi connectivity index (χ1) is 16.6. The molecule has 0 amide bonds. The minimum atomic E-state index is -0.220. The summed E-state index contributed by atoms with van der Waals surface area (Å²) < 4.78 is 15.1. The van der Waals surface area contributed by atoms with Crippen molar-refractivity contribution < 1.29 is 4.39 Å². The summed E-state index contributed by atoms with van der Waals surface area (Å²) in [5.74, 6) is 0.655. The Balaban J connectivity index is 1.42. The van der Waals surface area contributed by atoms with Gasteiger partial charge in [-0.3, -0.25) is 0 Å². The van der Waals surface area contributed by atoms with Gasteiger partial charge in [0.2, 0.25) is 0 Å². The van der Waals surface area contributed by atoms with Gasteiger partial charge in [-0.25, -0.2) is 9.37 Å². The number of nitrogens with zero attached hydrogens (tertiary/aromatic N) is 6. The molecule has 0 radical (unpaired) electrons. The number of halogens is 2. The third kappa shape index (κ3) is 3.62. The van der Waals surface area contributed by atoms with Crippen molar-refractivity contribution in [3.8, 4) is 11.3 Å². The topological polar surface area (TPSA) is 49.6 Å². The predicted octanol–water partition coefficient (Wildman–Crippen LogP) is 5.37. The fraction of sp³-hybridized carbons (Fsp3) is 0.192. The SMILES string of the molecule is Cc1cccc(-c2nnn3c2nc(N2CCN(c4ccc(F)cc4)CC2)c2cc(Cl)ccc23)c1. The minimum Gasteiger partial charge on any atom is -0.368 e. The summed E-state index contributed by atoms with van der Waals surface area (Å²) in [7, 11) is 0. The number of fused-ring (bicyclic) bond motifs is 3. The Morgan fingerprint density at radius 1 is 0.882 bits per heavy atom. The van der Waals surface area contributed by atoms with Crippen molar-refractivity contribution in [2.24, 2.45) is 0 Å². The Kier molecular flexibility index (Phi) is 5.07. The van der Waals surface area contributed by atoms with Crippen LogP contribution in [0.1, 0.15) is 5.56 Å². The molecule has 6 nitrogen and oxygen atoms in total. The van der Waals surface area contributed by atoms with E-state index in [1.54, 1.807) is 4.52 Å². The van der Waals surface area contributed by atoms with Crippen LogP contribution in [0.15, 0.2) is 66.7 Å². The summed E-state index contributed by atoms with van der Waals surface area (Å²) in [4.78, 5) is 9.63. The number of aromatic nitrogens is 4. The monoisotopic (exact) mass is 472 g/mol. The number of piperazine rings is 1. The van der Waals surface area contributed by atoms with E-state index >= 15 is 0 Å². The Bertz CT molecular complexity index is 1510. The first-order valence-corrected chi connectivity index (χ1v) is 11.6. The second-order valence-corrected chi connectivity index (χ2v) is 9.03. The Hall–Kier alpha value is -3.71. The molecule has 2 aromatic heterocycles. The highest BCUT2D eigenvalue weighted by Crippen LogP contribution is 2.32. The standard InChI is InChI=1S/C26H22ClFN6/c1-17-3-2-4-18(15-17)24-26-29-25(22-16-19(27)5-10-23(22)34(26)31-30-24)33-13-11-32(12-14-33)21-8-6-20(28)7-9-21/h2-10,15-16H,11-14H2,1H3. The van der Waals surface area contributed by atoms with Crippen LogP contribution in [0.5, 0.6) is 0 Å². The maximum absolute atomic E-state index is 13.3. The van der Waals surface area contributed by atoms with Crippen LogP contribution in [0.25, 0.3) is 27.8 Å². The molecule has 34 heavy (non-hydrogen) atoms. The van der Waals surface area contributed by atoms with E-state index in [0.717, 1.165) is 71.1 Å². The van der Waals surface area contributed by atoms with Gasteiger partial charge < -0.3 is 9.80 Å². The third-order valence-corrected chi connectivity index (χ3v) is 6.58. The second-order valence-electron chi connectivity index (χ2n) is 8.59. The van der Waals surface area contributed by atoms with Crippen LogP contribution in [0.2, 0.25) is 5.02 Å². The molecule has 0 atom stereocenters.